The van der Waals surface area contributed by atoms with Crippen LogP contribution in [-0.4, -0.2) is 5.71 Å². The number of nitrogens with two attached hydrogens (primary N) is 1. The van der Waals surface area contributed by atoms with E-state index in [1.807, 2.05) is 13.0 Å². The molecule has 0 fully saturated rings. The maximum Gasteiger partial charge on any atom is 0.0520 e. The number of rotatable bonds is 7. The molecule has 0 amide bonds. The van der Waals surface area contributed by atoms with E-state index < -0.39 is 0 Å². The molecule has 0 radical (unpaired) electrons. The molecule has 3 N–H and O–H groups in total. The van der Waals surface area contributed by atoms with E-state index in [1.54, 1.807) is 6.92 Å². The first-order chi connectivity index (χ1) is 8.36. The third-order valence-corrected chi connectivity index (χ3v) is 3.62. The Morgan fingerprint density at radius 1 is 1.33 bits per heavy atom. The van der Waals surface area contributed by atoms with Crippen molar-refractivity contribution in [1.29, 1.82) is 5.41 Å². The van der Waals surface area contributed by atoms with Crippen molar-refractivity contribution in [1.82, 2.24) is 0 Å². The molecule has 0 aromatic rings. The third kappa shape index (κ3) is 4.52. The monoisotopic (exact) mass is 248 g/mol. The first-order valence-electron chi connectivity index (χ1n) is 6.65. The fraction of sp³-hybridized carbons (Fsp3) is 0.562. The van der Waals surface area contributed by atoms with E-state index in [1.165, 1.54) is 5.57 Å². The predicted molar refractivity (Wildman–Crippen MR) is 81.7 cm³/mol. The summed E-state index contributed by atoms with van der Waals surface area (Å²) in [7, 11) is 0. The molecule has 102 valence electrons. The van der Waals surface area contributed by atoms with Crippen LogP contribution in [0.2, 0.25) is 0 Å². The van der Waals surface area contributed by atoms with Gasteiger partial charge in [-0.1, -0.05) is 39.0 Å². The molecule has 0 aromatic carbocycles. The van der Waals surface area contributed by atoms with Crippen molar-refractivity contribution in [3.63, 3.8) is 0 Å². The maximum atomic E-state index is 7.77. The Morgan fingerprint density at radius 2 is 1.89 bits per heavy atom. The minimum Gasteiger partial charge on any atom is -0.397 e. The fourth-order valence-electron chi connectivity index (χ4n) is 2.13. The van der Waals surface area contributed by atoms with Gasteiger partial charge in [0, 0.05) is 0 Å². The first-order valence-corrected chi connectivity index (χ1v) is 6.65. The standard InChI is InChI=1S/C16H28N2/c1-7-9-10-12(4)15(16(18)14(6)17)13(5)11(3)8-2/h7-9,11-13,17H,2,10,18H2,1,3-6H3/b9-7+,16-15-,17-14?. The minimum atomic E-state index is 0.322. The molecule has 2 heteroatoms. The molecule has 0 aromatic heterocycles. The number of nitrogens with one attached hydrogen (secondary N) is 1. The van der Waals surface area contributed by atoms with Crippen LogP contribution in [0.3, 0.4) is 0 Å². The Labute approximate surface area is 112 Å². The number of hydrogen-bond acceptors (Lipinski definition) is 2. The van der Waals surface area contributed by atoms with Gasteiger partial charge in [-0.25, -0.2) is 0 Å². The number of allylic oxidation sites excluding steroid dienone is 5. The van der Waals surface area contributed by atoms with Crippen molar-refractivity contribution in [2.45, 2.75) is 41.0 Å². The summed E-state index contributed by atoms with van der Waals surface area (Å²) in [5.41, 5.74) is 8.42. The van der Waals surface area contributed by atoms with E-state index in [-0.39, 0.29) is 0 Å². The molecule has 0 spiro atoms. The van der Waals surface area contributed by atoms with E-state index in [2.05, 4.69) is 39.5 Å². The quantitative estimate of drug-likeness (QED) is 0.512. The van der Waals surface area contributed by atoms with Crippen molar-refractivity contribution in [2.75, 3.05) is 0 Å². The Morgan fingerprint density at radius 3 is 2.28 bits per heavy atom. The van der Waals surface area contributed by atoms with Crippen LogP contribution in [0.1, 0.15) is 41.0 Å². The topological polar surface area (TPSA) is 49.9 Å². The van der Waals surface area contributed by atoms with Crippen molar-refractivity contribution in [2.24, 2.45) is 23.5 Å². The summed E-state index contributed by atoms with van der Waals surface area (Å²) in [6.07, 6.45) is 7.14. The van der Waals surface area contributed by atoms with E-state index in [0.29, 0.717) is 29.2 Å². The largest absolute Gasteiger partial charge is 0.397 e. The average Bonchev–Trinajstić information content (AvgIpc) is 2.34. The minimum absolute atomic E-state index is 0.322. The van der Waals surface area contributed by atoms with Crippen LogP contribution < -0.4 is 5.73 Å². The number of hydrogen-bond donors (Lipinski definition) is 2. The van der Waals surface area contributed by atoms with Gasteiger partial charge in [0.05, 0.1) is 11.4 Å². The smallest absolute Gasteiger partial charge is 0.0520 e. The highest BCUT2D eigenvalue weighted by molar-refractivity contribution is 5.95. The van der Waals surface area contributed by atoms with E-state index in [0.717, 1.165) is 6.42 Å². The van der Waals surface area contributed by atoms with Crippen LogP contribution in [0.5, 0.6) is 0 Å². The second-order valence-electron chi connectivity index (χ2n) is 5.08. The lowest BCUT2D eigenvalue weighted by Crippen LogP contribution is -2.22. The van der Waals surface area contributed by atoms with Crippen LogP contribution in [-0.2, 0) is 0 Å². The first kappa shape index (κ1) is 16.7. The molecule has 2 nitrogen and oxygen atoms in total. The SMILES string of the molecule is C=CC(C)C(C)/C(=C(\N)C(C)=N)C(C)C/C=C/C. The van der Waals surface area contributed by atoms with Crippen LogP contribution in [0.4, 0.5) is 0 Å². The molecule has 0 heterocycles. The lowest BCUT2D eigenvalue weighted by Gasteiger charge is -2.27. The third-order valence-electron chi connectivity index (χ3n) is 3.62. The summed E-state index contributed by atoms with van der Waals surface area (Å²) in [6, 6.07) is 0. The van der Waals surface area contributed by atoms with Gasteiger partial charge >= 0.3 is 0 Å². The fourth-order valence-corrected chi connectivity index (χ4v) is 2.13. The Kier molecular flexibility index (Phi) is 7.33. The molecule has 3 atom stereocenters. The van der Waals surface area contributed by atoms with Gasteiger partial charge in [0.1, 0.15) is 0 Å². The van der Waals surface area contributed by atoms with Gasteiger partial charge < -0.3 is 11.1 Å². The highest BCUT2D eigenvalue weighted by Crippen LogP contribution is 2.31. The Hall–Kier alpha value is -1.31. The van der Waals surface area contributed by atoms with Crippen LogP contribution in [0, 0.1) is 23.2 Å². The molecule has 0 aliphatic heterocycles. The Balaban J connectivity index is 5.37. The van der Waals surface area contributed by atoms with Crippen molar-refractivity contribution >= 4 is 5.71 Å². The van der Waals surface area contributed by atoms with Gasteiger partial charge in [-0.15, -0.1) is 6.58 Å². The Bertz CT molecular complexity index is 350. The zero-order valence-corrected chi connectivity index (χ0v) is 12.5. The zero-order chi connectivity index (χ0) is 14.3. The lowest BCUT2D eigenvalue weighted by atomic mass is 9.79. The summed E-state index contributed by atoms with van der Waals surface area (Å²) in [6.45, 7) is 14.1. The second kappa shape index (κ2) is 7.91. The molecule has 0 rings (SSSR count). The normalized spacial score (nSPS) is 18.1. The summed E-state index contributed by atoms with van der Waals surface area (Å²) in [5, 5.41) is 7.77. The van der Waals surface area contributed by atoms with Gasteiger partial charge in [-0.05, 0) is 43.6 Å². The van der Waals surface area contributed by atoms with E-state index in [9.17, 15) is 0 Å². The van der Waals surface area contributed by atoms with Gasteiger partial charge in [-0.3, -0.25) is 0 Å². The van der Waals surface area contributed by atoms with Gasteiger partial charge in [0.2, 0.25) is 0 Å². The predicted octanol–water partition coefficient (Wildman–Crippen LogP) is 4.30. The summed E-state index contributed by atoms with van der Waals surface area (Å²) < 4.78 is 0. The van der Waals surface area contributed by atoms with Gasteiger partial charge in [-0.2, -0.15) is 0 Å². The van der Waals surface area contributed by atoms with Crippen LogP contribution in [0.15, 0.2) is 36.1 Å². The van der Waals surface area contributed by atoms with E-state index in [4.69, 9.17) is 11.1 Å². The highest BCUT2D eigenvalue weighted by Gasteiger charge is 2.22. The van der Waals surface area contributed by atoms with Gasteiger partial charge in [0.25, 0.3) is 0 Å². The molecular weight excluding hydrogens is 220 g/mol. The molecule has 18 heavy (non-hydrogen) atoms. The van der Waals surface area contributed by atoms with Crippen LogP contribution in [0.25, 0.3) is 0 Å². The summed E-state index contributed by atoms with van der Waals surface area (Å²) >= 11 is 0. The van der Waals surface area contributed by atoms with Crippen LogP contribution >= 0.6 is 0 Å². The molecule has 3 unspecified atom stereocenters. The molecule has 0 aliphatic carbocycles. The molecule has 0 saturated carbocycles. The van der Waals surface area contributed by atoms with Crippen molar-refractivity contribution < 1.29 is 0 Å². The zero-order valence-electron chi connectivity index (χ0n) is 12.5. The van der Waals surface area contributed by atoms with Gasteiger partial charge in [0.15, 0.2) is 0 Å². The molecular formula is C16H28N2. The van der Waals surface area contributed by atoms with E-state index >= 15 is 0 Å². The summed E-state index contributed by atoms with van der Waals surface area (Å²) in [5.74, 6) is 1.05. The van der Waals surface area contributed by atoms with Crippen molar-refractivity contribution in [3.8, 4) is 0 Å². The lowest BCUT2D eigenvalue weighted by molar-refractivity contribution is 0.467. The maximum absolute atomic E-state index is 7.77. The summed E-state index contributed by atoms with van der Waals surface area (Å²) in [4.78, 5) is 0. The molecule has 0 saturated heterocycles. The molecule has 0 bridgehead atoms. The molecule has 0 aliphatic rings. The highest BCUT2D eigenvalue weighted by atomic mass is 14.6. The average molecular weight is 248 g/mol. The second-order valence-corrected chi connectivity index (χ2v) is 5.08. The van der Waals surface area contributed by atoms with Crippen molar-refractivity contribution in [3.05, 3.63) is 36.1 Å².